The minimum absolute atomic E-state index is 0.156. The molecule has 5 atom stereocenters. The fourth-order valence-corrected chi connectivity index (χ4v) is 12.9. The van der Waals surface area contributed by atoms with E-state index >= 15 is 0 Å². The number of hydrogen-bond acceptors (Lipinski definition) is 6. The number of anilines is 1. The average Bonchev–Trinajstić information content (AvgIpc) is 3.85. The van der Waals surface area contributed by atoms with Crippen molar-refractivity contribution in [3.8, 4) is 38.6 Å². The molecule has 0 radical (unpaired) electrons. The van der Waals surface area contributed by atoms with Crippen molar-refractivity contribution in [1.82, 2.24) is 4.98 Å². The van der Waals surface area contributed by atoms with Gasteiger partial charge in [-0.1, -0.05) is 48.5 Å². The number of carbonyl (C=O) groups is 1. The maximum atomic E-state index is 14.7. The van der Waals surface area contributed by atoms with E-state index in [0.717, 1.165) is 73.4 Å². The second kappa shape index (κ2) is 12.5. The molecular weight excluding hydrogens is 798 g/mol. The number of alkyl halides is 6. The molecule has 1 aromatic heterocycles. The maximum absolute atomic E-state index is 14.7. The summed E-state index contributed by atoms with van der Waals surface area (Å²) in [6.45, 7) is 0. The van der Waals surface area contributed by atoms with Crippen LogP contribution < -0.4 is 9.46 Å². The van der Waals surface area contributed by atoms with Gasteiger partial charge >= 0.3 is 18.3 Å². The SMILES string of the molecule is COc1cc(C(=O)O)c(F)cc1NS(=O)(=O)c1csc(-c2ccc(-c3ccc(-c4ccc(C56CC7C[C@@H]8C[C@H](C5)C[C@@]786)cc4)cc3C(F)(F)F)cc2C(F)(F)F)n1. The summed E-state index contributed by atoms with van der Waals surface area (Å²) in [5, 5.41) is 8.91. The number of carboxylic acid groups (broad SMARTS) is 1. The van der Waals surface area contributed by atoms with Crippen LogP contribution in [-0.4, -0.2) is 31.6 Å². The summed E-state index contributed by atoms with van der Waals surface area (Å²) in [5.74, 6) is -1.00. The van der Waals surface area contributed by atoms with Gasteiger partial charge in [0, 0.05) is 22.4 Å². The van der Waals surface area contributed by atoms with Crippen LogP contribution in [0.5, 0.6) is 5.75 Å². The number of nitrogens with one attached hydrogen (secondary N) is 1. The number of nitrogens with zero attached hydrogens (tertiary/aromatic N) is 1. The normalized spacial score (nSPS) is 24.7. The number of thiazole rings is 1. The molecule has 4 aliphatic carbocycles. The van der Waals surface area contributed by atoms with Gasteiger partial charge in [0.15, 0.2) is 5.03 Å². The Labute approximate surface area is 325 Å². The molecule has 0 aliphatic heterocycles. The van der Waals surface area contributed by atoms with Crippen LogP contribution >= 0.6 is 11.3 Å². The Morgan fingerprint density at radius 1 is 0.842 bits per heavy atom. The number of carboxylic acids is 1. The Balaban J connectivity index is 1.02. The number of ether oxygens (including phenoxy) is 1. The molecule has 4 fully saturated rings. The number of aromatic nitrogens is 1. The standard InChI is InChI=1S/C41H31F7N2O5S2/c1-55-34-14-29(37(51)52)32(42)15-33(34)50-57(53,54)35-19-56-36(49-35)28-9-5-23(12-31(28)41(46,47)48)27-8-4-22(11-30(27)40(43,44)45)21-2-6-24(7-3-21)38-16-20-10-25-13-26(18-38)39(25,38)17-20/h2-9,11-12,14-15,19-20,25-26,50H,10,13,16-18H2,1H3,(H,51,52)/t20-,25+,26?,38?,39+/m1/s1. The summed E-state index contributed by atoms with van der Waals surface area (Å²) in [6.07, 6.45) is -3.81. The van der Waals surface area contributed by atoms with E-state index in [-0.39, 0.29) is 22.3 Å². The first kappa shape index (κ1) is 37.6. The van der Waals surface area contributed by atoms with E-state index in [1.165, 1.54) is 30.9 Å². The fourth-order valence-electron chi connectivity index (χ4n) is 10.7. The molecule has 16 heteroatoms. The fraction of sp³-hybridized carbons (Fsp3) is 0.317. The zero-order chi connectivity index (χ0) is 40.4. The maximum Gasteiger partial charge on any atom is 0.417 e. The van der Waals surface area contributed by atoms with E-state index in [0.29, 0.717) is 34.4 Å². The lowest BCUT2D eigenvalue weighted by Gasteiger charge is -2.73. The van der Waals surface area contributed by atoms with Gasteiger partial charge in [0.1, 0.15) is 16.6 Å². The van der Waals surface area contributed by atoms with E-state index in [2.05, 4.69) is 4.98 Å². The Bertz CT molecular complexity index is 2610. The molecule has 9 rings (SSSR count). The molecular formula is C41H31F7N2O5S2. The molecule has 2 N–H and O–H groups in total. The third-order valence-electron chi connectivity index (χ3n) is 12.9. The van der Waals surface area contributed by atoms with Crippen molar-refractivity contribution >= 4 is 33.0 Å². The van der Waals surface area contributed by atoms with Crippen molar-refractivity contribution in [1.29, 1.82) is 0 Å². The number of fused-ring (bicyclic) bond motifs is 1. The second-order valence-electron chi connectivity index (χ2n) is 15.5. The largest absolute Gasteiger partial charge is 0.495 e. The highest BCUT2D eigenvalue weighted by Crippen LogP contribution is 2.86. The molecule has 4 aliphatic rings. The van der Waals surface area contributed by atoms with Gasteiger partial charge in [-0.2, -0.15) is 34.8 Å². The number of aromatic carboxylic acids is 1. The van der Waals surface area contributed by atoms with Gasteiger partial charge in [-0.3, -0.25) is 4.72 Å². The van der Waals surface area contributed by atoms with Crippen LogP contribution in [-0.2, 0) is 27.8 Å². The van der Waals surface area contributed by atoms with Crippen molar-refractivity contribution in [3.05, 3.63) is 106 Å². The number of methoxy groups -OCH3 is 1. The predicted molar refractivity (Wildman–Crippen MR) is 197 cm³/mol. The first-order chi connectivity index (χ1) is 26.8. The molecule has 296 valence electrons. The first-order valence-electron chi connectivity index (χ1n) is 18.0. The van der Waals surface area contributed by atoms with Gasteiger partial charge in [-0.15, -0.1) is 11.3 Å². The van der Waals surface area contributed by atoms with Gasteiger partial charge in [0.2, 0.25) is 0 Å². The molecule has 7 nitrogen and oxygen atoms in total. The third kappa shape index (κ3) is 5.68. The Kier molecular flexibility index (Phi) is 8.26. The van der Waals surface area contributed by atoms with E-state index in [1.807, 2.05) is 29.0 Å². The Morgan fingerprint density at radius 3 is 2.14 bits per heavy atom. The van der Waals surface area contributed by atoms with Crippen molar-refractivity contribution in [2.45, 2.75) is 54.9 Å². The highest BCUT2D eigenvalue weighted by atomic mass is 32.2. The van der Waals surface area contributed by atoms with Gasteiger partial charge in [-0.25, -0.2) is 14.2 Å². The van der Waals surface area contributed by atoms with Gasteiger partial charge in [-0.05, 0) is 101 Å². The summed E-state index contributed by atoms with van der Waals surface area (Å²) >= 11 is 0.523. The smallest absolute Gasteiger partial charge is 0.417 e. The number of sulfonamides is 1. The Hall–Kier alpha value is -4.96. The van der Waals surface area contributed by atoms with Crippen molar-refractivity contribution < 1.29 is 53.8 Å². The summed E-state index contributed by atoms with van der Waals surface area (Å²) in [6, 6.07) is 15.2. The summed E-state index contributed by atoms with van der Waals surface area (Å²) in [5.41, 5.74) is -2.58. The van der Waals surface area contributed by atoms with Gasteiger partial charge < -0.3 is 9.84 Å². The molecule has 0 amide bonds. The second-order valence-corrected chi connectivity index (χ2v) is 18.0. The number of halogens is 7. The average molecular weight is 829 g/mol. The molecule has 2 unspecified atom stereocenters. The summed E-state index contributed by atoms with van der Waals surface area (Å²) in [7, 11) is -3.62. The molecule has 4 saturated carbocycles. The van der Waals surface area contributed by atoms with Crippen molar-refractivity contribution in [2.75, 3.05) is 11.8 Å². The number of rotatable bonds is 9. The van der Waals surface area contributed by atoms with Crippen LogP contribution in [0.25, 0.3) is 32.8 Å². The molecule has 0 saturated heterocycles. The molecule has 57 heavy (non-hydrogen) atoms. The van der Waals surface area contributed by atoms with E-state index in [1.54, 1.807) is 0 Å². The lowest BCUT2D eigenvalue weighted by molar-refractivity contribution is -0.198. The number of benzene rings is 4. The van der Waals surface area contributed by atoms with Crippen molar-refractivity contribution in [3.63, 3.8) is 0 Å². The molecule has 1 heterocycles. The molecule has 5 aromatic rings. The van der Waals surface area contributed by atoms with Crippen LogP contribution in [0.2, 0.25) is 0 Å². The zero-order valence-electron chi connectivity index (χ0n) is 29.8. The van der Waals surface area contributed by atoms with Crippen LogP contribution in [0, 0.1) is 29.0 Å². The van der Waals surface area contributed by atoms with Crippen LogP contribution in [0.4, 0.5) is 36.4 Å². The van der Waals surface area contributed by atoms with Crippen LogP contribution in [0.15, 0.2) is 83.2 Å². The first-order valence-corrected chi connectivity index (χ1v) is 20.3. The predicted octanol–water partition coefficient (Wildman–Crippen LogP) is 10.9. The van der Waals surface area contributed by atoms with E-state index in [9.17, 15) is 43.9 Å². The van der Waals surface area contributed by atoms with Gasteiger partial charge in [0.25, 0.3) is 10.0 Å². The quantitative estimate of drug-likeness (QED) is 0.143. The highest BCUT2D eigenvalue weighted by molar-refractivity contribution is 7.92. The summed E-state index contributed by atoms with van der Waals surface area (Å²) < 4.78 is 135. The third-order valence-corrected chi connectivity index (χ3v) is 15.2. The highest BCUT2D eigenvalue weighted by Gasteiger charge is 2.80. The van der Waals surface area contributed by atoms with Crippen LogP contribution in [0.1, 0.15) is 59.2 Å². The minimum Gasteiger partial charge on any atom is -0.495 e. The Morgan fingerprint density at radius 2 is 1.49 bits per heavy atom. The zero-order valence-corrected chi connectivity index (χ0v) is 31.4. The van der Waals surface area contributed by atoms with E-state index < -0.39 is 77.7 Å². The topological polar surface area (TPSA) is 106 Å². The van der Waals surface area contributed by atoms with Crippen molar-refractivity contribution in [2.24, 2.45) is 23.2 Å². The lowest BCUT2D eigenvalue weighted by Crippen LogP contribution is -2.68. The number of hydrogen-bond donors (Lipinski definition) is 2. The molecule has 4 aromatic carbocycles. The minimum atomic E-state index is -5.09. The van der Waals surface area contributed by atoms with Crippen LogP contribution in [0.3, 0.4) is 0 Å². The summed E-state index contributed by atoms with van der Waals surface area (Å²) in [4.78, 5) is 15.2. The monoisotopic (exact) mass is 828 g/mol. The molecule has 1 spiro atoms. The van der Waals surface area contributed by atoms with Gasteiger partial charge in [0.05, 0.1) is 29.5 Å². The molecule has 2 bridgehead atoms. The van der Waals surface area contributed by atoms with E-state index in [4.69, 9.17) is 9.84 Å². The lowest BCUT2D eigenvalue weighted by atomic mass is 9.31.